The fraction of sp³-hybridized carbons (Fsp3) is 0.417. The van der Waals surface area contributed by atoms with Crippen LogP contribution in [-0.4, -0.2) is 0 Å². The van der Waals surface area contributed by atoms with Gasteiger partial charge in [-0.05, 0) is 48.4 Å². The minimum Gasteiger partial charge on any atom is -0.192 e. The van der Waals surface area contributed by atoms with Gasteiger partial charge in [-0.25, -0.2) is 0 Å². The predicted octanol–water partition coefficient (Wildman–Crippen LogP) is 3.00. The number of hydrogen-bond donors (Lipinski definition) is 0. The molecule has 0 spiro atoms. The zero-order valence-corrected chi connectivity index (χ0v) is 7.88. The van der Waals surface area contributed by atoms with E-state index in [1.54, 1.807) is 0 Å². The van der Waals surface area contributed by atoms with Gasteiger partial charge in [0.15, 0.2) is 0 Å². The Morgan fingerprint density at radius 1 is 1.46 bits per heavy atom. The monoisotopic (exact) mass is 171 g/mol. The van der Waals surface area contributed by atoms with E-state index in [0.29, 0.717) is 5.92 Å². The molecule has 0 saturated carbocycles. The summed E-state index contributed by atoms with van der Waals surface area (Å²) in [5.41, 5.74) is 3.64. The standard InChI is InChI=1S/C12H13N/c1-9-3-2-4-11-7-10(8-13)5-6-12(9)11/h5-7,9H,2-4H2,1H3. The van der Waals surface area contributed by atoms with E-state index in [-0.39, 0.29) is 0 Å². The third kappa shape index (κ3) is 1.45. The second-order valence-corrected chi connectivity index (χ2v) is 3.82. The molecule has 1 aliphatic carbocycles. The molecule has 1 aromatic rings. The molecule has 0 aliphatic heterocycles. The molecular formula is C12H13N. The van der Waals surface area contributed by atoms with Gasteiger partial charge in [0.25, 0.3) is 0 Å². The Kier molecular flexibility index (Phi) is 2.06. The molecule has 0 heterocycles. The van der Waals surface area contributed by atoms with Crippen LogP contribution in [-0.2, 0) is 6.42 Å². The number of nitrogens with zero attached hydrogens (tertiary/aromatic N) is 1. The number of rotatable bonds is 0. The van der Waals surface area contributed by atoms with Gasteiger partial charge in [0, 0.05) is 0 Å². The van der Waals surface area contributed by atoms with Crippen molar-refractivity contribution in [3.8, 4) is 6.07 Å². The first-order chi connectivity index (χ1) is 6.31. The first-order valence-electron chi connectivity index (χ1n) is 4.84. The van der Waals surface area contributed by atoms with Crippen LogP contribution in [0.25, 0.3) is 0 Å². The summed E-state index contributed by atoms with van der Waals surface area (Å²) in [6, 6.07) is 8.29. The van der Waals surface area contributed by atoms with Gasteiger partial charge in [-0.3, -0.25) is 0 Å². The summed E-state index contributed by atoms with van der Waals surface area (Å²) in [6.07, 6.45) is 3.71. The highest BCUT2D eigenvalue weighted by molar-refractivity contribution is 5.40. The minimum atomic E-state index is 0.677. The van der Waals surface area contributed by atoms with E-state index in [0.717, 1.165) is 12.0 Å². The van der Waals surface area contributed by atoms with Crippen LogP contribution in [0.3, 0.4) is 0 Å². The summed E-state index contributed by atoms with van der Waals surface area (Å²) in [5.74, 6) is 0.677. The van der Waals surface area contributed by atoms with Crippen molar-refractivity contribution < 1.29 is 0 Å². The second kappa shape index (κ2) is 3.22. The molecule has 0 fully saturated rings. The van der Waals surface area contributed by atoms with Gasteiger partial charge in [0.05, 0.1) is 11.6 Å². The third-order valence-corrected chi connectivity index (χ3v) is 2.89. The molecule has 2 rings (SSSR count). The van der Waals surface area contributed by atoms with Crippen molar-refractivity contribution in [2.45, 2.75) is 32.1 Å². The topological polar surface area (TPSA) is 23.8 Å². The largest absolute Gasteiger partial charge is 0.192 e. The maximum absolute atomic E-state index is 8.76. The molecule has 66 valence electrons. The number of hydrogen-bond acceptors (Lipinski definition) is 1. The zero-order valence-electron chi connectivity index (χ0n) is 7.88. The molecule has 0 amide bonds. The van der Waals surface area contributed by atoms with Crippen LogP contribution < -0.4 is 0 Å². The predicted molar refractivity (Wildman–Crippen MR) is 52.5 cm³/mol. The van der Waals surface area contributed by atoms with Crippen molar-refractivity contribution in [1.82, 2.24) is 0 Å². The maximum Gasteiger partial charge on any atom is 0.0991 e. The number of aryl methyl sites for hydroxylation is 1. The Bertz CT molecular complexity index is 360. The van der Waals surface area contributed by atoms with Gasteiger partial charge in [-0.2, -0.15) is 5.26 Å². The lowest BCUT2D eigenvalue weighted by Crippen LogP contribution is -2.06. The second-order valence-electron chi connectivity index (χ2n) is 3.82. The SMILES string of the molecule is CC1CCCc2cc(C#N)ccc21. The van der Waals surface area contributed by atoms with Crippen LogP contribution in [0.1, 0.15) is 42.4 Å². The Hall–Kier alpha value is -1.29. The normalized spacial score (nSPS) is 20.5. The molecule has 0 N–H and O–H groups in total. The van der Waals surface area contributed by atoms with Crippen LogP contribution in [0, 0.1) is 11.3 Å². The van der Waals surface area contributed by atoms with E-state index in [4.69, 9.17) is 5.26 Å². The summed E-state index contributed by atoms with van der Waals surface area (Å²) in [7, 11) is 0. The molecule has 1 aliphatic rings. The minimum absolute atomic E-state index is 0.677. The van der Waals surface area contributed by atoms with Crippen molar-refractivity contribution >= 4 is 0 Å². The lowest BCUT2D eigenvalue weighted by Gasteiger charge is -2.21. The number of nitriles is 1. The van der Waals surface area contributed by atoms with Crippen LogP contribution in [0.2, 0.25) is 0 Å². The lowest BCUT2D eigenvalue weighted by atomic mass is 9.83. The Labute approximate surface area is 79.0 Å². The molecule has 1 unspecified atom stereocenters. The molecule has 1 heteroatoms. The van der Waals surface area contributed by atoms with Crippen LogP contribution in [0.4, 0.5) is 0 Å². The van der Waals surface area contributed by atoms with E-state index < -0.39 is 0 Å². The van der Waals surface area contributed by atoms with Gasteiger partial charge in [0.1, 0.15) is 0 Å². The van der Waals surface area contributed by atoms with E-state index in [2.05, 4.69) is 19.1 Å². The first kappa shape index (κ1) is 8.31. The van der Waals surface area contributed by atoms with Crippen molar-refractivity contribution in [1.29, 1.82) is 5.26 Å². The highest BCUT2D eigenvalue weighted by Gasteiger charge is 2.15. The molecule has 13 heavy (non-hydrogen) atoms. The molecule has 1 nitrogen and oxygen atoms in total. The van der Waals surface area contributed by atoms with Crippen molar-refractivity contribution in [3.63, 3.8) is 0 Å². The first-order valence-corrected chi connectivity index (χ1v) is 4.84. The van der Waals surface area contributed by atoms with E-state index in [1.807, 2.05) is 12.1 Å². The molecule has 1 aromatic carbocycles. The van der Waals surface area contributed by atoms with E-state index in [1.165, 1.54) is 24.0 Å². The molecule has 1 atom stereocenters. The fourth-order valence-electron chi connectivity index (χ4n) is 2.13. The lowest BCUT2D eigenvalue weighted by molar-refractivity contribution is 0.590. The average Bonchev–Trinajstić information content (AvgIpc) is 2.18. The number of fused-ring (bicyclic) bond motifs is 1. The Morgan fingerprint density at radius 3 is 3.08 bits per heavy atom. The van der Waals surface area contributed by atoms with Crippen LogP contribution in [0.15, 0.2) is 18.2 Å². The van der Waals surface area contributed by atoms with Gasteiger partial charge >= 0.3 is 0 Å². The van der Waals surface area contributed by atoms with E-state index in [9.17, 15) is 0 Å². The van der Waals surface area contributed by atoms with Gasteiger partial charge < -0.3 is 0 Å². The molecule has 0 bridgehead atoms. The zero-order chi connectivity index (χ0) is 9.26. The molecular weight excluding hydrogens is 158 g/mol. The van der Waals surface area contributed by atoms with Gasteiger partial charge in [-0.15, -0.1) is 0 Å². The molecule has 0 radical (unpaired) electrons. The quantitative estimate of drug-likeness (QED) is 0.588. The highest BCUT2D eigenvalue weighted by Crippen LogP contribution is 2.31. The highest BCUT2D eigenvalue weighted by atomic mass is 14.3. The van der Waals surface area contributed by atoms with Crippen molar-refractivity contribution in [2.24, 2.45) is 0 Å². The number of benzene rings is 1. The van der Waals surface area contributed by atoms with Crippen LogP contribution in [0.5, 0.6) is 0 Å². The molecule has 0 saturated heterocycles. The fourth-order valence-corrected chi connectivity index (χ4v) is 2.13. The smallest absolute Gasteiger partial charge is 0.0991 e. The van der Waals surface area contributed by atoms with E-state index >= 15 is 0 Å². The summed E-state index contributed by atoms with van der Waals surface area (Å²) in [4.78, 5) is 0. The summed E-state index contributed by atoms with van der Waals surface area (Å²) < 4.78 is 0. The Morgan fingerprint density at radius 2 is 2.31 bits per heavy atom. The third-order valence-electron chi connectivity index (χ3n) is 2.89. The maximum atomic E-state index is 8.76. The van der Waals surface area contributed by atoms with Crippen molar-refractivity contribution in [2.75, 3.05) is 0 Å². The van der Waals surface area contributed by atoms with Crippen molar-refractivity contribution in [3.05, 3.63) is 34.9 Å². The summed E-state index contributed by atoms with van der Waals surface area (Å²) in [5, 5.41) is 8.76. The molecule has 0 aromatic heterocycles. The van der Waals surface area contributed by atoms with Gasteiger partial charge in [0.2, 0.25) is 0 Å². The summed E-state index contributed by atoms with van der Waals surface area (Å²) >= 11 is 0. The van der Waals surface area contributed by atoms with Gasteiger partial charge in [-0.1, -0.05) is 13.0 Å². The summed E-state index contributed by atoms with van der Waals surface area (Å²) in [6.45, 7) is 2.27. The average molecular weight is 171 g/mol. The van der Waals surface area contributed by atoms with Crippen LogP contribution >= 0.6 is 0 Å². The Balaban J connectivity index is 2.47.